The van der Waals surface area contributed by atoms with Crippen molar-refractivity contribution in [3.8, 4) is 5.75 Å². The third-order valence-electron chi connectivity index (χ3n) is 2.91. The Balaban J connectivity index is 2.83. The van der Waals surface area contributed by atoms with E-state index in [2.05, 4.69) is 35.8 Å². The Labute approximate surface area is 111 Å². The number of carbonyl (C=O) groups excluding carboxylic acids is 1. The molecule has 0 radical (unpaired) electrons. The molecule has 0 atom stereocenters. The number of likely N-dealkylation sites (N-methyl/N-ethyl adjacent to an activating group) is 1. The van der Waals surface area contributed by atoms with Gasteiger partial charge in [-0.25, -0.2) is 0 Å². The Morgan fingerprint density at radius 1 is 1.35 bits per heavy atom. The number of hydrogen-bond acceptors (Lipinski definition) is 2. The van der Waals surface area contributed by atoms with Crippen molar-refractivity contribution < 1.29 is 9.53 Å². The van der Waals surface area contributed by atoms with Gasteiger partial charge in [-0.2, -0.15) is 0 Å². The quantitative estimate of drug-likeness (QED) is 0.631. The minimum Gasteiger partial charge on any atom is -0.496 e. The van der Waals surface area contributed by atoms with Crippen LogP contribution in [0, 0.1) is 13.8 Å². The molecule has 1 rings (SSSR count). The zero-order chi connectivity index (χ0) is 13.0. The molecule has 0 N–H and O–H groups in total. The fourth-order valence-electron chi connectivity index (χ4n) is 1.61. The number of carbonyl (C=O) groups is 1. The van der Waals surface area contributed by atoms with Gasteiger partial charge in [0.25, 0.3) is 4.82 Å². The molecule has 0 saturated heterocycles. The highest BCUT2D eigenvalue weighted by Gasteiger charge is 2.09. The minimum absolute atomic E-state index is 0.0969. The highest BCUT2D eigenvalue weighted by atomic mass is 79.9. The number of methoxy groups -OCH3 is 1. The van der Waals surface area contributed by atoms with E-state index >= 15 is 0 Å². The molecule has 0 fully saturated rings. The van der Waals surface area contributed by atoms with Gasteiger partial charge in [0.15, 0.2) is 0 Å². The van der Waals surface area contributed by atoms with E-state index in [0.29, 0.717) is 6.54 Å². The van der Waals surface area contributed by atoms with E-state index in [9.17, 15) is 4.79 Å². The van der Waals surface area contributed by atoms with Crippen molar-refractivity contribution in [2.24, 2.45) is 0 Å². The highest BCUT2D eigenvalue weighted by molar-refractivity contribution is 9.18. The van der Waals surface area contributed by atoms with Crippen LogP contribution in [0.3, 0.4) is 0 Å². The van der Waals surface area contributed by atoms with Crippen molar-refractivity contribution in [2.75, 3.05) is 20.7 Å². The maximum absolute atomic E-state index is 11.1. The molecule has 0 aliphatic carbocycles. The van der Waals surface area contributed by atoms with E-state index in [-0.39, 0.29) is 4.82 Å². The topological polar surface area (TPSA) is 29.5 Å². The van der Waals surface area contributed by atoms with Gasteiger partial charge in [-0.3, -0.25) is 4.79 Å². The smallest absolute Gasteiger partial charge is 0.289 e. The predicted octanol–water partition coefficient (Wildman–Crippen LogP) is 3.30. The van der Waals surface area contributed by atoms with E-state index in [4.69, 9.17) is 4.74 Å². The molecule has 0 bridgehead atoms. The molecule has 0 heterocycles. The molecule has 17 heavy (non-hydrogen) atoms. The van der Waals surface area contributed by atoms with Crippen molar-refractivity contribution >= 4 is 20.7 Å². The standard InChI is InChI=1S/C13H18BrNO2/c1-9-7-11(5-6-15(3)13(14)16)12(17-4)8-10(9)2/h7-8H,5-6H2,1-4H3. The number of nitrogens with zero attached hydrogens (tertiary/aromatic N) is 1. The van der Waals surface area contributed by atoms with Crippen molar-refractivity contribution in [1.82, 2.24) is 4.90 Å². The Hall–Kier alpha value is -1.03. The summed E-state index contributed by atoms with van der Waals surface area (Å²) in [4.78, 5) is 12.6. The molecule has 0 unspecified atom stereocenters. The van der Waals surface area contributed by atoms with E-state index in [1.54, 1.807) is 19.1 Å². The molecule has 1 aromatic carbocycles. The van der Waals surface area contributed by atoms with Gasteiger partial charge in [-0.1, -0.05) is 6.07 Å². The number of amides is 1. The number of rotatable bonds is 4. The molecule has 3 nitrogen and oxygen atoms in total. The van der Waals surface area contributed by atoms with Gasteiger partial charge in [0.2, 0.25) is 0 Å². The van der Waals surface area contributed by atoms with Crippen LogP contribution in [0.2, 0.25) is 0 Å². The van der Waals surface area contributed by atoms with Gasteiger partial charge in [-0.05, 0) is 43.0 Å². The van der Waals surface area contributed by atoms with Gasteiger partial charge < -0.3 is 9.64 Å². The summed E-state index contributed by atoms with van der Waals surface area (Å²) in [5.41, 5.74) is 3.60. The normalized spacial score (nSPS) is 10.2. The van der Waals surface area contributed by atoms with E-state index in [1.807, 2.05) is 6.07 Å². The highest BCUT2D eigenvalue weighted by Crippen LogP contribution is 2.23. The van der Waals surface area contributed by atoms with Gasteiger partial charge in [0.05, 0.1) is 7.11 Å². The largest absolute Gasteiger partial charge is 0.496 e. The molecule has 1 amide bonds. The number of halogens is 1. The summed E-state index contributed by atoms with van der Waals surface area (Å²) in [6, 6.07) is 4.17. The van der Waals surface area contributed by atoms with Crippen molar-refractivity contribution in [1.29, 1.82) is 0 Å². The van der Waals surface area contributed by atoms with Crippen LogP contribution in [0.25, 0.3) is 0 Å². The first-order valence-corrected chi connectivity index (χ1v) is 6.29. The van der Waals surface area contributed by atoms with Crippen LogP contribution >= 0.6 is 15.9 Å². The predicted molar refractivity (Wildman–Crippen MR) is 73.1 cm³/mol. The summed E-state index contributed by atoms with van der Waals surface area (Å²) in [6.45, 7) is 4.82. The molecule has 0 aromatic heterocycles. The van der Waals surface area contributed by atoms with Crippen LogP contribution in [0.15, 0.2) is 12.1 Å². The van der Waals surface area contributed by atoms with Gasteiger partial charge in [0, 0.05) is 29.5 Å². The maximum atomic E-state index is 11.1. The van der Waals surface area contributed by atoms with E-state index in [1.165, 1.54) is 11.1 Å². The average molecular weight is 300 g/mol. The third kappa shape index (κ3) is 3.73. The van der Waals surface area contributed by atoms with Crippen LogP contribution < -0.4 is 4.74 Å². The van der Waals surface area contributed by atoms with Crippen molar-refractivity contribution in [3.05, 3.63) is 28.8 Å². The molecule has 94 valence electrons. The Morgan fingerprint density at radius 3 is 2.47 bits per heavy atom. The molecule has 0 aliphatic rings. The molecule has 0 saturated carbocycles. The average Bonchev–Trinajstić information content (AvgIpc) is 2.29. The molecular weight excluding hydrogens is 282 g/mol. The molecule has 1 aromatic rings. The number of ether oxygens (including phenoxy) is 1. The van der Waals surface area contributed by atoms with Crippen LogP contribution in [-0.4, -0.2) is 30.4 Å². The number of benzene rings is 1. The SMILES string of the molecule is COc1cc(C)c(C)cc1CCN(C)C(=O)Br. The number of hydrogen-bond donors (Lipinski definition) is 0. The summed E-state index contributed by atoms with van der Waals surface area (Å²) in [7, 11) is 3.44. The van der Waals surface area contributed by atoms with Crippen LogP contribution in [0.1, 0.15) is 16.7 Å². The Morgan fingerprint density at radius 2 is 1.94 bits per heavy atom. The van der Waals surface area contributed by atoms with Gasteiger partial charge >= 0.3 is 0 Å². The lowest BCUT2D eigenvalue weighted by Crippen LogP contribution is -2.23. The van der Waals surface area contributed by atoms with Gasteiger partial charge in [-0.15, -0.1) is 0 Å². The second-order valence-corrected chi connectivity index (χ2v) is 4.85. The molecule has 0 spiro atoms. The summed E-state index contributed by atoms with van der Waals surface area (Å²) >= 11 is 2.93. The second kappa shape index (κ2) is 6.05. The van der Waals surface area contributed by atoms with E-state index < -0.39 is 0 Å². The number of aryl methyl sites for hydroxylation is 2. The first-order valence-electron chi connectivity index (χ1n) is 5.50. The second-order valence-electron chi connectivity index (χ2n) is 4.17. The molecular formula is C13H18BrNO2. The summed E-state index contributed by atoms with van der Waals surface area (Å²) in [6.07, 6.45) is 0.790. The van der Waals surface area contributed by atoms with E-state index in [0.717, 1.165) is 17.7 Å². The lowest BCUT2D eigenvalue weighted by Gasteiger charge is -2.16. The summed E-state index contributed by atoms with van der Waals surface area (Å²) < 4.78 is 5.36. The zero-order valence-corrected chi connectivity index (χ0v) is 12.3. The molecule has 4 heteroatoms. The third-order valence-corrected chi connectivity index (χ3v) is 3.52. The van der Waals surface area contributed by atoms with Crippen molar-refractivity contribution in [2.45, 2.75) is 20.3 Å². The first-order chi connectivity index (χ1) is 7.95. The van der Waals surface area contributed by atoms with Gasteiger partial charge in [0.1, 0.15) is 5.75 Å². The molecule has 0 aliphatic heterocycles. The minimum atomic E-state index is -0.0969. The lowest BCUT2D eigenvalue weighted by molar-refractivity contribution is 0.235. The Bertz CT molecular complexity index is 418. The fourth-order valence-corrected chi connectivity index (χ4v) is 1.79. The van der Waals surface area contributed by atoms with Crippen LogP contribution in [0.4, 0.5) is 4.79 Å². The fraction of sp³-hybridized carbons (Fsp3) is 0.462. The van der Waals surface area contributed by atoms with Crippen LogP contribution in [0.5, 0.6) is 5.75 Å². The lowest BCUT2D eigenvalue weighted by atomic mass is 10.0. The first kappa shape index (κ1) is 14.0. The zero-order valence-electron chi connectivity index (χ0n) is 10.7. The maximum Gasteiger partial charge on any atom is 0.289 e. The van der Waals surface area contributed by atoms with Crippen LogP contribution in [-0.2, 0) is 6.42 Å². The van der Waals surface area contributed by atoms with Crippen molar-refractivity contribution in [3.63, 3.8) is 0 Å². The Kier molecular flexibility index (Phi) is 5.00. The summed E-state index contributed by atoms with van der Waals surface area (Å²) in [5.74, 6) is 0.892. The summed E-state index contributed by atoms with van der Waals surface area (Å²) in [5, 5.41) is 0. The monoisotopic (exact) mass is 299 g/mol.